The van der Waals surface area contributed by atoms with E-state index in [0.717, 1.165) is 12.8 Å². The van der Waals surface area contributed by atoms with Crippen molar-refractivity contribution in [1.82, 2.24) is 0 Å². The molecule has 0 rings (SSSR count). The molecule has 0 saturated heterocycles. The predicted molar refractivity (Wildman–Crippen MR) is 78.8 cm³/mol. The molecule has 0 unspecified atom stereocenters. The van der Waals surface area contributed by atoms with Crippen molar-refractivity contribution in [1.29, 1.82) is 0 Å². The maximum Gasteiger partial charge on any atom is 0.313 e. The van der Waals surface area contributed by atoms with Gasteiger partial charge in [-0.2, -0.15) is 0 Å². The van der Waals surface area contributed by atoms with Crippen LogP contribution in [0.2, 0.25) is 0 Å². The lowest BCUT2D eigenvalue weighted by Gasteiger charge is -2.27. The molecule has 0 spiro atoms. The minimum absolute atomic E-state index is 0.0165. The van der Waals surface area contributed by atoms with Crippen molar-refractivity contribution < 1.29 is 19.2 Å². The fourth-order valence-corrected chi connectivity index (χ4v) is 2.30. The van der Waals surface area contributed by atoms with E-state index in [4.69, 9.17) is 0 Å². The Bertz CT molecular complexity index is 287. The molecule has 0 aromatic rings. The van der Waals surface area contributed by atoms with Crippen LogP contribution in [0.3, 0.4) is 0 Å². The van der Waals surface area contributed by atoms with Gasteiger partial charge in [-0.3, -0.25) is 4.48 Å². The van der Waals surface area contributed by atoms with E-state index in [1.807, 2.05) is 0 Å². The zero-order valence-electron chi connectivity index (χ0n) is 13.5. The minimum atomic E-state index is -1.17. The van der Waals surface area contributed by atoms with Gasteiger partial charge in [0.1, 0.15) is 6.54 Å². The minimum Gasteiger partial charge on any atom is -0.544 e. The normalized spacial score (nSPS) is 11.6. The van der Waals surface area contributed by atoms with E-state index in [2.05, 4.69) is 6.92 Å². The average molecular weight is 285 g/mol. The SMILES string of the molecule is CCCCCCCCCCCC(=O)[N+](C)(C)CC(=O)[O-]. The fraction of sp³-hybridized carbons (Fsp3) is 0.875. The van der Waals surface area contributed by atoms with Crippen molar-refractivity contribution in [2.45, 2.75) is 71.1 Å². The molecule has 0 heterocycles. The second-order valence-corrected chi connectivity index (χ2v) is 6.19. The van der Waals surface area contributed by atoms with Crippen LogP contribution in [-0.4, -0.2) is 37.0 Å². The molecule has 0 atom stereocenters. The Morgan fingerprint density at radius 1 is 0.850 bits per heavy atom. The zero-order chi connectivity index (χ0) is 15.4. The number of carboxylic acids is 1. The van der Waals surface area contributed by atoms with Crippen LogP contribution in [0.4, 0.5) is 0 Å². The topological polar surface area (TPSA) is 57.2 Å². The van der Waals surface area contributed by atoms with Crippen LogP contribution >= 0.6 is 0 Å². The number of carboxylic acid groups (broad SMARTS) is 1. The van der Waals surface area contributed by atoms with Crippen molar-refractivity contribution in [3.05, 3.63) is 0 Å². The summed E-state index contributed by atoms with van der Waals surface area (Å²) in [6.07, 6.45) is 11.4. The Morgan fingerprint density at radius 2 is 1.30 bits per heavy atom. The summed E-state index contributed by atoms with van der Waals surface area (Å²) in [5.74, 6) is -1.19. The molecule has 0 aliphatic carbocycles. The van der Waals surface area contributed by atoms with Crippen LogP contribution in [0.5, 0.6) is 0 Å². The van der Waals surface area contributed by atoms with Gasteiger partial charge in [0.05, 0.1) is 26.5 Å². The molecule has 20 heavy (non-hydrogen) atoms. The molecule has 0 aromatic heterocycles. The van der Waals surface area contributed by atoms with Crippen molar-refractivity contribution in [2.75, 3.05) is 20.6 Å². The summed E-state index contributed by atoms with van der Waals surface area (Å²) in [4.78, 5) is 22.5. The highest BCUT2D eigenvalue weighted by atomic mass is 16.4. The standard InChI is InChI=1S/C16H31NO3/c1-4-5-6-7-8-9-10-11-12-13-15(18)17(2,3)14-16(19)20/h4-14H2,1-3H3. The van der Waals surface area contributed by atoms with Crippen LogP contribution in [0.1, 0.15) is 71.1 Å². The molecule has 4 heteroatoms. The van der Waals surface area contributed by atoms with Crippen molar-refractivity contribution >= 4 is 11.9 Å². The van der Waals surface area contributed by atoms with Crippen LogP contribution in [0, 0.1) is 0 Å². The number of quaternary nitrogens is 1. The molecule has 0 aromatic carbocycles. The number of hydrogen-bond acceptors (Lipinski definition) is 3. The Morgan fingerprint density at radius 3 is 1.75 bits per heavy atom. The van der Waals surface area contributed by atoms with Gasteiger partial charge in [0.15, 0.2) is 0 Å². The van der Waals surface area contributed by atoms with E-state index >= 15 is 0 Å². The van der Waals surface area contributed by atoms with Crippen LogP contribution < -0.4 is 5.11 Å². The predicted octanol–water partition coefficient (Wildman–Crippen LogP) is 2.26. The van der Waals surface area contributed by atoms with Crippen molar-refractivity contribution in [3.63, 3.8) is 0 Å². The lowest BCUT2D eigenvalue weighted by molar-refractivity contribution is -0.808. The van der Waals surface area contributed by atoms with Crippen LogP contribution in [0.25, 0.3) is 0 Å². The second kappa shape index (κ2) is 10.8. The van der Waals surface area contributed by atoms with E-state index in [-0.39, 0.29) is 16.9 Å². The Balaban J connectivity index is 3.55. The van der Waals surface area contributed by atoms with Crippen LogP contribution in [0.15, 0.2) is 0 Å². The van der Waals surface area contributed by atoms with E-state index < -0.39 is 5.97 Å². The smallest absolute Gasteiger partial charge is 0.313 e. The first-order valence-corrected chi connectivity index (χ1v) is 7.96. The number of likely N-dealkylation sites (N-methyl/N-ethyl adjacent to an activating group) is 1. The number of carbonyl (C=O) groups excluding carboxylic acids is 2. The fourth-order valence-electron chi connectivity index (χ4n) is 2.30. The summed E-state index contributed by atoms with van der Waals surface area (Å²) in [6.45, 7) is 1.98. The van der Waals surface area contributed by atoms with Gasteiger partial charge in [-0.25, -0.2) is 4.79 Å². The number of hydrogen-bond donors (Lipinski definition) is 0. The van der Waals surface area contributed by atoms with E-state index in [1.165, 1.54) is 44.9 Å². The quantitative estimate of drug-likeness (QED) is 0.408. The number of rotatable bonds is 12. The molecule has 0 radical (unpaired) electrons. The molecule has 0 saturated carbocycles. The molecule has 0 bridgehead atoms. The molecule has 0 fully saturated rings. The number of unbranched alkanes of at least 4 members (excludes halogenated alkanes) is 8. The Hall–Kier alpha value is -0.900. The first-order chi connectivity index (χ1) is 9.40. The summed E-state index contributed by atoms with van der Waals surface area (Å²) in [7, 11) is 3.26. The molecule has 118 valence electrons. The van der Waals surface area contributed by atoms with Crippen molar-refractivity contribution in [2.24, 2.45) is 0 Å². The number of amides is 1. The van der Waals surface area contributed by atoms with Crippen molar-refractivity contribution in [3.8, 4) is 0 Å². The Kier molecular flexibility index (Phi) is 10.3. The second-order valence-electron chi connectivity index (χ2n) is 6.19. The highest BCUT2D eigenvalue weighted by molar-refractivity contribution is 5.73. The third-order valence-corrected chi connectivity index (χ3v) is 3.69. The molecular formula is C16H31NO3. The highest BCUT2D eigenvalue weighted by Gasteiger charge is 2.25. The van der Waals surface area contributed by atoms with Gasteiger partial charge in [-0.1, -0.05) is 58.3 Å². The van der Waals surface area contributed by atoms with Gasteiger partial charge in [0.25, 0.3) is 0 Å². The molecular weight excluding hydrogens is 254 g/mol. The van der Waals surface area contributed by atoms with Gasteiger partial charge < -0.3 is 9.90 Å². The van der Waals surface area contributed by atoms with E-state index in [9.17, 15) is 14.7 Å². The summed E-state index contributed by atoms with van der Waals surface area (Å²) in [5.41, 5.74) is 0. The largest absolute Gasteiger partial charge is 0.544 e. The summed E-state index contributed by atoms with van der Waals surface area (Å²) >= 11 is 0. The summed E-state index contributed by atoms with van der Waals surface area (Å²) < 4.78 is -0.112. The number of carbonyl (C=O) groups is 2. The van der Waals surface area contributed by atoms with Crippen LogP contribution in [-0.2, 0) is 9.59 Å². The third-order valence-electron chi connectivity index (χ3n) is 3.69. The van der Waals surface area contributed by atoms with E-state index in [0.29, 0.717) is 6.42 Å². The third kappa shape index (κ3) is 9.96. The molecule has 0 aliphatic heterocycles. The van der Waals surface area contributed by atoms with E-state index in [1.54, 1.807) is 14.1 Å². The zero-order valence-corrected chi connectivity index (χ0v) is 13.5. The maximum absolute atomic E-state index is 11.9. The maximum atomic E-state index is 11.9. The molecule has 0 aliphatic rings. The summed E-state index contributed by atoms with van der Waals surface area (Å²) in [5, 5.41) is 10.6. The lowest BCUT2D eigenvalue weighted by Crippen LogP contribution is -2.52. The Labute approximate surface area is 123 Å². The highest BCUT2D eigenvalue weighted by Crippen LogP contribution is 2.12. The first kappa shape index (κ1) is 19.1. The first-order valence-electron chi connectivity index (χ1n) is 7.96. The van der Waals surface area contributed by atoms with Gasteiger partial charge in [-0.05, 0) is 6.42 Å². The number of nitrogens with zero attached hydrogens (tertiary/aromatic N) is 1. The van der Waals surface area contributed by atoms with Gasteiger partial charge in [-0.15, -0.1) is 0 Å². The van der Waals surface area contributed by atoms with Gasteiger partial charge in [0, 0.05) is 0 Å². The number of aliphatic carboxylic acids is 1. The monoisotopic (exact) mass is 285 g/mol. The molecule has 0 N–H and O–H groups in total. The molecule has 1 amide bonds. The summed E-state index contributed by atoms with van der Waals surface area (Å²) in [6, 6.07) is 0. The average Bonchev–Trinajstić information content (AvgIpc) is 2.35. The van der Waals surface area contributed by atoms with Gasteiger partial charge >= 0.3 is 5.91 Å². The lowest BCUT2D eigenvalue weighted by atomic mass is 10.1. The molecule has 4 nitrogen and oxygen atoms in total. The van der Waals surface area contributed by atoms with Gasteiger partial charge in [0.2, 0.25) is 0 Å².